The predicted molar refractivity (Wildman–Crippen MR) is 75.9 cm³/mol. The van der Waals surface area contributed by atoms with Crippen molar-refractivity contribution < 1.29 is 0 Å². The summed E-state index contributed by atoms with van der Waals surface area (Å²) in [4.78, 5) is 3.64. The van der Waals surface area contributed by atoms with Crippen LogP contribution in [0.3, 0.4) is 0 Å². The highest BCUT2D eigenvalue weighted by atomic mass is 79.9. The number of rotatable bonds is 5. The molecule has 0 aromatic carbocycles. The normalized spacial score (nSPS) is 14.4. The summed E-state index contributed by atoms with van der Waals surface area (Å²) in [7, 11) is 0. The van der Waals surface area contributed by atoms with E-state index in [0.29, 0.717) is 0 Å². The zero-order valence-corrected chi connectivity index (χ0v) is 12.9. The van der Waals surface area contributed by atoms with Crippen LogP contribution in [0.25, 0.3) is 0 Å². The predicted octanol–water partition coefficient (Wildman–Crippen LogP) is 3.63. The molecule has 0 spiro atoms. The first-order valence-corrected chi connectivity index (χ1v) is 7.35. The molecule has 1 heterocycles. The average molecular weight is 305 g/mol. The van der Waals surface area contributed by atoms with Gasteiger partial charge in [-0.05, 0) is 54.3 Å². The third-order valence-corrected chi connectivity index (χ3v) is 5.22. The number of nitrogens with two attached hydrogens (primary N) is 1. The van der Waals surface area contributed by atoms with Gasteiger partial charge in [-0.1, -0.05) is 13.8 Å². The van der Waals surface area contributed by atoms with Crippen molar-refractivity contribution in [3.8, 4) is 0 Å². The number of thiophene rings is 1. The van der Waals surface area contributed by atoms with Gasteiger partial charge in [0, 0.05) is 14.9 Å². The molecule has 1 atom stereocenters. The van der Waals surface area contributed by atoms with Gasteiger partial charge in [0.2, 0.25) is 0 Å². The summed E-state index contributed by atoms with van der Waals surface area (Å²) in [6, 6.07) is 2.11. The third-order valence-electron chi connectivity index (χ3n) is 3.27. The summed E-state index contributed by atoms with van der Waals surface area (Å²) in [6.07, 6.45) is 0. The fourth-order valence-electron chi connectivity index (χ4n) is 2.08. The van der Waals surface area contributed by atoms with Crippen LogP contribution in [-0.4, -0.2) is 23.5 Å². The fraction of sp³-hybridized carbons (Fsp3) is 0.667. The van der Waals surface area contributed by atoms with Crippen LogP contribution >= 0.6 is 27.3 Å². The van der Waals surface area contributed by atoms with Gasteiger partial charge in [0.25, 0.3) is 0 Å². The van der Waals surface area contributed by atoms with E-state index in [1.165, 1.54) is 4.88 Å². The quantitative estimate of drug-likeness (QED) is 0.900. The molecule has 4 heteroatoms. The first-order chi connectivity index (χ1) is 7.45. The lowest BCUT2D eigenvalue weighted by molar-refractivity contribution is 0.108. The van der Waals surface area contributed by atoms with Crippen LogP contribution in [0, 0.1) is 0 Å². The van der Waals surface area contributed by atoms with E-state index in [0.717, 1.165) is 17.6 Å². The van der Waals surface area contributed by atoms with Crippen LogP contribution in [-0.2, 0) is 0 Å². The number of nitrogens with zero attached hydrogens (tertiary/aromatic N) is 1. The van der Waals surface area contributed by atoms with Gasteiger partial charge in [0.15, 0.2) is 0 Å². The maximum absolute atomic E-state index is 6.41. The van der Waals surface area contributed by atoms with Crippen LogP contribution < -0.4 is 5.73 Å². The molecule has 0 fully saturated rings. The standard InChI is InChI=1S/C12H21BrN2S/c1-5-15(6-2)12(3,4)11(14)10-9(13)7-8-16-10/h7-8,11H,5-6,14H2,1-4H3. The first-order valence-electron chi connectivity index (χ1n) is 5.68. The van der Waals surface area contributed by atoms with Crippen LogP contribution in [0.5, 0.6) is 0 Å². The molecule has 0 aliphatic carbocycles. The second kappa shape index (κ2) is 5.63. The van der Waals surface area contributed by atoms with Crippen molar-refractivity contribution in [2.75, 3.05) is 13.1 Å². The van der Waals surface area contributed by atoms with Gasteiger partial charge in [-0.3, -0.25) is 4.90 Å². The number of halogens is 1. The van der Waals surface area contributed by atoms with Crippen molar-refractivity contribution in [1.29, 1.82) is 0 Å². The molecule has 1 rings (SSSR count). The molecule has 0 bridgehead atoms. The van der Waals surface area contributed by atoms with Crippen LogP contribution in [0.4, 0.5) is 0 Å². The van der Waals surface area contributed by atoms with E-state index in [1.54, 1.807) is 11.3 Å². The summed E-state index contributed by atoms with van der Waals surface area (Å²) >= 11 is 5.29. The maximum Gasteiger partial charge on any atom is 0.0582 e. The van der Waals surface area contributed by atoms with E-state index < -0.39 is 0 Å². The average Bonchev–Trinajstić information content (AvgIpc) is 2.64. The Morgan fingerprint density at radius 2 is 2.00 bits per heavy atom. The summed E-state index contributed by atoms with van der Waals surface area (Å²) in [6.45, 7) is 10.9. The fourth-order valence-corrected chi connectivity index (χ4v) is 3.88. The Kier molecular flexibility index (Phi) is 4.98. The van der Waals surface area contributed by atoms with Crippen LogP contribution in [0.15, 0.2) is 15.9 Å². The molecular weight excluding hydrogens is 284 g/mol. The Morgan fingerprint density at radius 3 is 2.38 bits per heavy atom. The smallest absolute Gasteiger partial charge is 0.0582 e. The van der Waals surface area contributed by atoms with Crippen molar-refractivity contribution >= 4 is 27.3 Å². The van der Waals surface area contributed by atoms with Gasteiger partial charge in [-0.25, -0.2) is 0 Å². The van der Waals surface area contributed by atoms with Gasteiger partial charge >= 0.3 is 0 Å². The third kappa shape index (κ3) is 2.67. The monoisotopic (exact) mass is 304 g/mol. The Labute approximate surface area is 111 Å². The number of likely N-dealkylation sites (N-methyl/N-ethyl adjacent to an activating group) is 1. The highest BCUT2D eigenvalue weighted by molar-refractivity contribution is 9.10. The molecule has 0 saturated carbocycles. The second-order valence-electron chi connectivity index (χ2n) is 4.44. The molecule has 0 radical (unpaired) electrons. The van der Waals surface area contributed by atoms with Gasteiger partial charge < -0.3 is 5.73 Å². The molecule has 2 N–H and O–H groups in total. The summed E-state index contributed by atoms with van der Waals surface area (Å²) < 4.78 is 1.13. The van der Waals surface area contributed by atoms with E-state index in [-0.39, 0.29) is 11.6 Å². The highest BCUT2D eigenvalue weighted by Gasteiger charge is 2.34. The summed E-state index contributed by atoms with van der Waals surface area (Å²) in [5.74, 6) is 0. The molecule has 0 aliphatic rings. The molecule has 92 valence electrons. The SMILES string of the molecule is CCN(CC)C(C)(C)C(N)c1sccc1Br. The first kappa shape index (κ1) is 14.2. The van der Waals surface area contributed by atoms with Gasteiger partial charge in [0.05, 0.1) is 6.04 Å². The summed E-state index contributed by atoms with van der Waals surface area (Å²) in [5.41, 5.74) is 6.39. The van der Waals surface area contributed by atoms with E-state index in [2.05, 4.69) is 60.0 Å². The largest absolute Gasteiger partial charge is 0.322 e. The maximum atomic E-state index is 6.41. The molecular formula is C12H21BrN2S. The minimum absolute atomic E-state index is 0.0170. The van der Waals surface area contributed by atoms with Crippen LogP contribution in [0.1, 0.15) is 38.6 Å². The lowest BCUT2D eigenvalue weighted by atomic mass is 9.91. The van der Waals surface area contributed by atoms with E-state index in [4.69, 9.17) is 5.73 Å². The second-order valence-corrected chi connectivity index (χ2v) is 6.24. The highest BCUT2D eigenvalue weighted by Crippen LogP contribution is 2.36. The molecule has 2 nitrogen and oxygen atoms in total. The zero-order valence-electron chi connectivity index (χ0n) is 10.5. The Morgan fingerprint density at radius 1 is 1.44 bits per heavy atom. The Bertz CT molecular complexity index is 332. The molecule has 1 aromatic heterocycles. The molecule has 0 amide bonds. The van der Waals surface area contributed by atoms with Crippen molar-refractivity contribution in [3.63, 3.8) is 0 Å². The summed E-state index contributed by atoms with van der Waals surface area (Å²) in [5, 5.41) is 2.08. The number of hydrogen-bond donors (Lipinski definition) is 1. The molecule has 1 unspecified atom stereocenters. The number of hydrogen-bond acceptors (Lipinski definition) is 3. The molecule has 0 saturated heterocycles. The van der Waals surface area contributed by atoms with Crippen molar-refractivity contribution in [3.05, 3.63) is 20.8 Å². The lowest BCUT2D eigenvalue weighted by Crippen LogP contribution is -2.50. The van der Waals surface area contributed by atoms with E-state index >= 15 is 0 Å². The topological polar surface area (TPSA) is 29.3 Å². The Balaban J connectivity index is 2.95. The Hall–Kier alpha value is 0.100. The van der Waals surface area contributed by atoms with E-state index in [1.807, 2.05) is 0 Å². The molecule has 1 aromatic rings. The molecule has 0 aliphatic heterocycles. The van der Waals surface area contributed by atoms with Crippen LogP contribution in [0.2, 0.25) is 0 Å². The lowest BCUT2D eigenvalue weighted by Gasteiger charge is -2.41. The van der Waals surface area contributed by atoms with Crippen molar-refractivity contribution in [1.82, 2.24) is 4.90 Å². The minimum Gasteiger partial charge on any atom is -0.322 e. The molecule has 16 heavy (non-hydrogen) atoms. The minimum atomic E-state index is -0.0170. The van der Waals surface area contributed by atoms with Crippen molar-refractivity contribution in [2.24, 2.45) is 5.73 Å². The van der Waals surface area contributed by atoms with Gasteiger partial charge in [-0.15, -0.1) is 11.3 Å². The van der Waals surface area contributed by atoms with Gasteiger partial charge in [-0.2, -0.15) is 0 Å². The zero-order chi connectivity index (χ0) is 12.3. The van der Waals surface area contributed by atoms with Crippen molar-refractivity contribution in [2.45, 2.75) is 39.3 Å². The van der Waals surface area contributed by atoms with E-state index in [9.17, 15) is 0 Å². The van der Waals surface area contributed by atoms with Gasteiger partial charge in [0.1, 0.15) is 0 Å².